The molecule has 112 valence electrons. The highest BCUT2D eigenvalue weighted by atomic mass is 19.4. The molecule has 20 heavy (non-hydrogen) atoms. The van der Waals surface area contributed by atoms with Gasteiger partial charge in [0.05, 0.1) is 5.92 Å². The summed E-state index contributed by atoms with van der Waals surface area (Å²) in [5.41, 5.74) is 7.29. The van der Waals surface area contributed by atoms with Gasteiger partial charge in [-0.3, -0.25) is 0 Å². The second kappa shape index (κ2) is 5.72. The Morgan fingerprint density at radius 2 is 1.85 bits per heavy atom. The zero-order valence-corrected chi connectivity index (χ0v) is 11.4. The first-order valence-corrected chi connectivity index (χ1v) is 6.89. The fourth-order valence-electron chi connectivity index (χ4n) is 3.20. The smallest absolute Gasteiger partial charge is 0.324 e. The van der Waals surface area contributed by atoms with Crippen LogP contribution in [-0.4, -0.2) is 6.18 Å². The quantitative estimate of drug-likeness (QED) is 0.797. The maximum atomic E-state index is 13.3. The van der Waals surface area contributed by atoms with E-state index in [0.29, 0.717) is 18.4 Å². The summed E-state index contributed by atoms with van der Waals surface area (Å²) in [5.74, 6) is -2.50. The highest BCUT2D eigenvalue weighted by Gasteiger charge is 2.47. The molecule has 1 aliphatic rings. The van der Waals surface area contributed by atoms with Crippen molar-refractivity contribution in [1.82, 2.24) is 0 Å². The van der Waals surface area contributed by atoms with Gasteiger partial charge in [-0.05, 0) is 48.9 Å². The molecule has 1 saturated carbocycles. The van der Waals surface area contributed by atoms with E-state index in [4.69, 9.17) is 5.73 Å². The predicted octanol–water partition coefficient (Wildman–Crippen LogP) is 4.50. The van der Waals surface area contributed by atoms with E-state index >= 15 is 0 Å². The summed E-state index contributed by atoms with van der Waals surface area (Å²) in [6.07, 6.45) is -2.34. The molecule has 1 nitrogen and oxygen atoms in total. The summed E-state index contributed by atoms with van der Waals surface area (Å²) in [6.45, 7) is 1.75. The molecule has 0 amide bonds. The van der Waals surface area contributed by atoms with Crippen molar-refractivity contribution in [2.24, 2.45) is 17.6 Å². The highest BCUT2D eigenvalue weighted by Crippen LogP contribution is 2.46. The summed E-state index contributed by atoms with van der Waals surface area (Å²) in [7, 11) is 0. The average molecular weight is 289 g/mol. The molecular formula is C15H19F4N. The molecular weight excluding hydrogens is 270 g/mol. The van der Waals surface area contributed by atoms with Crippen molar-refractivity contribution in [1.29, 1.82) is 0 Å². The molecule has 0 spiro atoms. The van der Waals surface area contributed by atoms with Crippen LogP contribution in [-0.2, 0) is 0 Å². The second-order valence-electron chi connectivity index (χ2n) is 5.62. The number of benzene rings is 1. The number of nitrogens with two attached hydrogens (primary N) is 1. The van der Waals surface area contributed by atoms with E-state index in [1.165, 1.54) is 12.1 Å². The molecule has 0 heterocycles. The number of aryl methyl sites for hydroxylation is 1. The van der Waals surface area contributed by atoms with Gasteiger partial charge in [-0.1, -0.05) is 18.9 Å². The molecule has 3 atom stereocenters. The Labute approximate surface area is 116 Å². The van der Waals surface area contributed by atoms with Crippen LogP contribution in [0.3, 0.4) is 0 Å². The van der Waals surface area contributed by atoms with Gasteiger partial charge in [0.2, 0.25) is 0 Å². The van der Waals surface area contributed by atoms with Gasteiger partial charge in [-0.15, -0.1) is 0 Å². The largest absolute Gasteiger partial charge is 0.392 e. The third kappa shape index (κ3) is 3.14. The minimum atomic E-state index is -4.23. The van der Waals surface area contributed by atoms with Crippen LogP contribution in [0.2, 0.25) is 0 Å². The summed E-state index contributed by atoms with van der Waals surface area (Å²) >= 11 is 0. The van der Waals surface area contributed by atoms with Gasteiger partial charge in [0, 0.05) is 6.04 Å². The van der Waals surface area contributed by atoms with Crippen LogP contribution in [0.15, 0.2) is 18.2 Å². The van der Waals surface area contributed by atoms with Gasteiger partial charge in [0.25, 0.3) is 0 Å². The van der Waals surface area contributed by atoms with Crippen molar-refractivity contribution in [3.05, 3.63) is 35.1 Å². The van der Waals surface area contributed by atoms with Crippen LogP contribution >= 0.6 is 0 Å². The van der Waals surface area contributed by atoms with Crippen molar-refractivity contribution in [2.75, 3.05) is 0 Å². The van der Waals surface area contributed by atoms with Crippen molar-refractivity contribution in [3.8, 4) is 0 Å². The molecule has 0 aliphatic heterocycles. The van der Waals surface area contributed by atoms with E-state index in [2.05, 4.69) is 0 Å². The van der Waals surface area contributed by atoms with E-state index in [9.17, 15) is 17.6 Å². The molecule has 0 radical (unpaired) electrons. The van der Waals surface area contributed by atoms with Gasteiger partial charge < -0.3 is 5.73 Å². The number of hydrogen-bond donors (Lipinski definition) is 1. The zero-order chi connectivity index (χ0) is 14.9. The molecule has 3 unspecified atom stereocenters. The summed E-state index contributed by atoms with van der Waals surface area (Å²) in [6, 6.07) is 3.36. The maximum Gasteiger partial charge on any atom is 0.392 e. The van der Waals surface area contributed by atoms with E-state index in [1.54, 1.807) is 13.0 Å². The molecule has 1 aromatic carbocycles. The van der Waals surface area contributed by atoms with Crippen LogP contribution < -0.4 is 5.73 Å². The SMILES string of the molecule is Cc1ccc(F)cc1C(N)C1CCCCC1C(F)(F)F. The number of hydrogen-bond acceptors (Lipinski definition) is 1. The Hall–Kier alpha value is -1.10. The molecule has 5 heteroatoms. The zero-order valence-electron chi connectivity index (χ0n) is 11.4. The van der Waals surface area contributed by atoms with Crippen LogP contribution in [0.5, 0.6) is 0 Å². The van der Waals surface area contributed by atoms with Gasteiger partial charge in [0.15, 0.2) is 0 Å². The van der Waals surface area contributed by atoms with E-state index in [1.807, 2.05) is 0 Å². The first kappa shape index (κ1) is 15.3. The fraction of sp³-hybridized carbons (Fsp3) is 0.600. The lowest BCUT2D eigenvalue weighted by atomic mass is 9.73. The van der Waals surface area contributed by atoms with Crippen LogP contribution in [0.25, 0.3) is 0 Å². The summed E-state index contributed by atoms with van der Waals surface area (Å²) in [5, 5.41) is 0. The van der Waals surface area contributed by atoms with Crippen molar-refractivity contribution in [2.45, 2.75) is 44.8 Å². The van der Waals surface area contributed by atoms with E-state index in [0.717, 1.165) is 12.0 Å². The van der Waals surface area contributed by atoms with Gasteiger partial charge in [0.1, 0.15) is 5.82 Å². The molecule has 1 fully saturated rings. The topological polar surface area (TPSA) is 26.0 Å². The number of rotatable bonds is 2. The molecule has 1 aromatic rings. The van der Waals surface area contributed by atoms with Gasteiger partial charge in [-0.2, -0.15) is 13.2 Å². The summed E-state index contributed by atoms with van der Waals surface area (Å²) in [4.78, 5) is 0. The Bertz CT molecular complexity index is 469. The Kier molecular flexibility index (Phi) is 4.37. The monoisotopic (exact) mass is 289 g/mol. The van der Waals surface area contributed by atoms with Gasteiger partial charge >= 0.3 is 6.18 Å². The fourth-order valence-corrected chi connectivity index (χ4v) is 3.20. The van der Waals surface area contributed by atoms with Crippen molar-refractivity contribution >= 4 is 0 Å². The Balaban J connectivity index is 2.30. The summed E-state index contributed by atoms with van der Waals surface area (Å²) < 4.78 is 52.7. The third-order valence-corrected chi connectivity index (χ3v) is 4.30. The van der Waals surface area contributed by atoms with Crippen LogP contribution in [0.4, 0.5) is 17.6 Å². The lowest BCUT2D eigenvalue weighted by Crippen LogP contribution is -2.39. The van der Waals surface area contributed by atoms with Gasteiger partial charge in [-0.25, -0.2) is 4.39 Å². The Morgan fingerprint density at radius 1 is 1.20 bits per heavy atom. The lowest BCUT2D eigenvalue weighted by Gasteiger charge is -2.37. The molecule has 1 aliphatic carbocycles. The molecule has 0 aromatic heterocycles. The average Bonchev–Trinajstić information content (AvgIpc) is 2.40. The predicted molar refractivity (Wildman–Crippen MR) is 69.6 cm³/mol. The van der Waals surface area contributed by atoms with E-state index < -0.39 is 29.9 Å². The first-order valence-electron chi connectivity index (χ1n) is 6.89. The Morgan fingerprint density at radius 3 is 2.50 bits per heavy atom. The third-order valence-electron chi connectivity index (χ3n) is 4.30. The molecule has 0 bridgehead atoms. The van der Waals surface area contributed by atoms with Crippen LogP contribution in [0, 0.1) is 24.6 Å². The highest BCUT2D eigenvalue weighted by molar-refractivity contribution is 5.30. The van der Waals surface area contributed by atoms with Crippen molar-refractivity contribution in [3.63, 3.8) is 0 Å². The molecule has 0 saturated heterocycles. The first-order chi connectivity index (χ1) is 9.30. The number of halogens is 4. The minimum absolute atomic E-state index is 0.121. The van der Waals surface area contributed by atoms with Crippen molar-refractivity contribution < 1.29 is 17.6 Å². The second-order valence-corrected chi connectivity index (χ2v) is 5.62. The van der Waals surface area contributed by atoms with E-state index in [-0.39, 0.29) is 6.42 Å². The molecule has 2 rings (SSSR count). The molecule has 2 N–H and O–H groups in total. The van der Waals surface area contributed by atoms with Crippen LogP contribution in [0.1, 0.15) is 42.9 Å². The standard InChI is InChI=1S/C15H19F4N/c1-9-6-7-10(16)8-12(9)14(20)11-4-2-3-5-13(11)15(17,18)19/h6-8,11,13-14H,2-5,20H2,1H3. The minimum Gasteiger partial charge on any atom is -0.324 e. The normalized spacial score (nSPS) is 25.5. The lowest BCUT2D eigenvalue weighted by molar-refractivity contribution is -0.198. The maximum absolute atomic E-state index is 13.3. The number of alkyl halides is 3.